The average Bonchev–Trinajstić information content (AvgIpc) is 3.46. The van der Waals surface area contributed by atoms with E-state index >= 15 is 0 Å². The zero-order valence-corrected chi connectivity index (χ0v) is 19.3. The van der Waals surface area contributed by atoms with E-state index in [0.717, 1.165) is 18.2 Å². The van der Waals surface area contributed by atoms with Crippen LogP contribution in [0.25, 0.3) is 28.0 Å². The first-order valence-corrected chi connectivity index (χ1v) is 12.1. The monoisotopic (exact) mass is 542 g/mol. The highest BCUT2D eigenvalue weighted by atomic mass is 32.2. The molecule has 37 heavy (non-hydrogen) atoms. The van der Waals surface area contributed by atoms with Crippen molar-refractivity contribution in [2.45, 2.75) is 35.6 Å². The molecule has 2 aliphatic rings. The summed E-state index contributed by atoms with van der Waals surface area (Å²) in [6.45, 7) is 0. The number of hydrogen-bond donors (Lipinski definition) is 2. The van der Waals surface area contributed by atoms with Crippen molar-refractivity contribution in [1.29, 1.82) is 0 Å². The van der Waals surface area contributed by atoms with E-state index in [1.54, 1.807) is 23.0 Å². The van der Waals surface area contributed by atoms with Gasteiger partial charge >= 0.3 is 12.4 Å². The molecule has 0 bridgehead atoms. The Kier molecular flexibility index (Phi) is 5.36. The van der Waals surface area contributed by atoms with Crippen molar-refractivity contribution in [2.24, 2.45) is 5.73 Å². The Morgan fingerprint density at radius 2 is 1.70 bits per heavy atom. The zero-order chi connectivity index (χ0) is 27.0. The molecule has 2 heterocycles. The quantitative estimate of drug-likeness (QED) is 0.444. The molecule has 14 heteroatoms. The van der Waals surface area contributed by atoms with Gasteiger partial charge in [0.1, 0.15) is 11.2 Å². The van der Waals surface area contributed by atoms with Crippen LogP contribution in [0.15, 0.2) is 59.7 Å². The maximum atomic E-state index is 13.3. The molecule has 2 aromatic heterocycles. The molecule has 5 rings (SSSR count). The highest BCUT2D eigenvalue weighted by Gasteiger charge is 2.65. The molecule has 0 radical (unpaired) electrons. The van der Waals surface area contributed by atoms with E-state index < -0.39 is 44.3 Å². The fourth-order valence-corrected chi connectivity index (χ4v) is 5.55. The van der Waals surface area contributed by atoms with Gasteiger partial charge in [-0.05, 0) is 48.8 Å². The number of carbonyl (C=O) groups excluding carboxylic acids is 1. The molecule has 3 aromatic rings. The Balaban J connectivity index is 1.64. The number of benzene rings is 1. The van der Waals surface area contributed by atoms with Crippen LogP contribution in [0.3, 0.4) is 0 Å². The fraction of sp³-hybridized carbons (Fsp3) is 0.217. The van der Waals surface area contributed by atoms with Gasteiger partial charge in [-0.3, -0.25) is 9.36 Å². The summed E-state index contributed by atoms with van der Waals surface area (Å²) in [5.41, 5.74) is 2.37. The van der Waals surface area contributed by atoms with E-state index in [2.05, 4.69) is 4.98 Å². The van der Waals surface area contributed by atoms with Crippen LogP contribution in [0.4, 0.5) is 26.3 Å². The number of nitrogens with one attached hydrogen (secondary N) is 1. The number of rotatable bonds is 6. The molecule has 3 N–H and O–H groups in total. The number of amides is 1. The van der Waals surface area contributed by atoms with Crippen molar-refractivity contribution in [3.8, 4) is 11.3 Å². The average molecular weight is 542 g/mol. The molecule has 1 fully saturated rings. The van der Waals surface area contributed by atoms with Crippen molar-refractivity contribution in [2.75, 3.05) is 0 Å². The number of allylic oxidation sites excluding steroid dienone is 4. The largest absolute Gasteiger partial charge is 0.417 e. The van der Waals surface area contributed by atoms with E-state index in [9.17, 15) is 39.6 Å². The molecular weight excluding hydrogens is 526 g/mol. The van der Waals surface area contributed by atoms with E-state index in [1.807, 2.05) is 0 Å². The second-order valence-corrected chi connectivity index (χ2v) is 10.4. The minimum absolute atomic E-state index is 0.00613. The molecule has 0 saturated heterocycles. The van der Waals surface area contributed by atoms with Crippen LogP contribution in [-0.4, -0.2) is 35.6 Å². The van der Waals surface area contributed by atoms with E-state index in [0.29, 0.717) is 11.9 Å². The highest BCUT2D eigenvalue weighted by molar-refractivity contribution is 7.89. The molecule has 0 unspecified atom stereocenters. The highest BCUT2D eigenvalue weighted by Crippen LogP contribution is 2.50. The number of pyridine rings is 1. The SMILES string of the molecule is NC(=O)c1c(-c2ccc(S(=O)(=O)NC3(C(F)(F)F)CC3)cc2)n(C2=CC=C2)c2ncc(C(F)(F)F)cc12. The number of hydrogen-bond acceptors (Lipinski definition) is 4. The zero-order valence-electron chi connectivity index (χ0n) is 18.5. The normalized spacial score (nSPS) is 17.0. The number of halogens is 6. The molecule has 1 amide bonds. The lowest BCUT2D eigenvalue weighted by atomic mass is 10.0. The third-order valence-electron chi connectivity index (χ3n) is 6.23. The maximum Gasteiger partial charge on any atom is 0.417 e. The Morgan fingerprint density at radius 1 is 1.08 bits per heavy atom. The van der Waals surface area contributed by atoms with E-state index in [-0.39, 0.29) is 40.7 Å². The maximum absolute atomic E-state index is 13.3. The van der Waals surface area contributed by atoms with Crippen LogP contribution < -0.4 is 10.5 Å². The molecule has 7 nitrogen and oxygen atoms in total. The lowest BCUT2D eigenvalue weighted by molar-refractivity contribution is -0.160. The third-order valence-corrected chi connectivity index (χ3v) is 7.79. The number of sulfonamides is 1. The predicted molar refractivity (Wildman–Crippen MR) is 120 cm³/mol. The standard InChI is InChI=1S/C23H16F6N4O3S/c24-22(25,26)13-10-16-17(19(30)34)18(33(14-2-1-3-14)20(16)31-11-13)12-4-6-15(7-5-12)37(35,36)32-21(8-9-21)23(27,28)29/h1-7,10-11,32H,8-9H2,(H2,30,34). The second kappa shape index (κ2) is 7.92. The van der Waals surface area contributed by atoms with Crippen LogP contribution in [0.1, 0.15) is 28.8 Å². The number of carbonyl (C=O) groups is 1. The first-order chi connectivity index (χ1) is 17.1. The molecular formula is C23H16F6N4O3S. The van der Waals surface area contributed by atoms with Crippen molar-refractivity contribution in [3.05, 3.63) is 65.9 Å². The summed E-state index contributed by atoms with van der Waals surface area (Å²) in [5.74, 6) is -1.05. The number of nitrogens with zero attached hydrogens (tertiary/aromatic N) is 2. The van der Waals surface area contributed by atoms with Gasteiger partial charge in [0.05, 0.1) is 21.7 Å². The predicted octanol–water partition coefficient (Wildman–Crippen LogP) is 4.60. The molecule has 1 aromatic carbocycles. The summed E-state index contributed by atoms with van der Waals surface area (Å²) in [5, 5.41) is -0.169. The topological polar surface area (TPSA) is 107 Å². The number of primary amides is 1. The van der Waals surface area contributed by atoms with Gasteiger partial charge < -0.3 is 5.73 Å². The van der Waals surface area contributed by atoms with Gasteiger partial charge in [0.25, 0.3) is 5.91 Å². The van der Waals surface area contributed by atoms with E-state index in [1.165, 1.54) is 16.7 Å². The van der Waals surface area contributed by atoms with E-state index in [4.69, 9.17) is 5.73 Å². The summed E-state index contributed by atoms with van der Waals surface area (Å²) in [4.78, 5) is 15.9. The number of alkyl halides is 6. The van der Waals surface area contributed by atoms with Crippen molar-refractivity contribution < 1.29 is 39.6 Å². The molecule has 2 aliphatic carbocycles. The lowest BCUT2D eigenvalue weighted by Crippen LogP contribution is -2.47. The lowest BCUT2D eigenvalue weighted by Gasteiger charge is -2.20. The Hall–Kier alpha value is -3.65. The number of nitrogens with two attached hydrogens (primary N) is 1. The summed E-state index contributed by atoms with van der Waals surface area (Å²) < 4.78 is 108. The molecule has 0 spiro atoms. The van der Waals surface area contributed by atoms with Crippen molar-refractivity contribution in [3.63, 3.8) is 0 Å². The minimum atomic E-state index is -4.76. The molecule has 0 aliphatic heterocycles. The van der Waals surface area contributed by atoms with Crippen LogP contribution in [0.2, 0.25) is 0 Å². The van der Waals surface area contributed by atoms with Crippen LogP contribution in [0, 0.1) is 0 Å². The fourth-order valence-electron chi connectivity index (χ4n) is 4.10. The number of aromatic nitrogens is 2. The van der Waals surface area contributed by atoms with Gasteiger partial charge in [-0.15, -0.1) is 0 Å². The van der Waals surface area contributed by atoms with Gasteiger partial charge in [-0.2, -0.15) is 31.1 Å². The van der Waals surface area contributed by atoms with Gasteiger partial charge in [-0.1, -0.05) is 18.2 Å². The summed E-state index contributed by atoms with van der Waals surface area (Å²) in [6, 6.07) is 5.28. The molecule has 194 valence electrons. The van der Waals surface area contributed by atoms with Gasteiger partial charge in [0, 0.05) is 17.3 Å². The first-order valence-electron chi connectivity index (χ1n) is 10.7. The summed E-state index contributed by atoms with van der Waals surface area (Å²) in [7, 11) is -4.56. The second-order valence-electron chi connectivity index (χ2n) is 8.68. The number of fused-ring (bicyclic) bond motifs is 1. The molecule has 1 saturated carbocycles. The third kappa shape index (κ3) is 4.09. The van der Waals surface area contributed by atoms with Crippen LogP contribution >= 0.6 is 0 Å². The Labute approximate surface area is 205 Å². The first kappa shape index (κ1) is 25.0. The van der Waals surface area contributed by atoms with Gasteiger partial charge in [-0.25, -0.2) is 13.4 Å². The minimum Gasteiger partial charge on any atom is -0.366 e. The van der Waals surface area contributed by atoms with Crippen molar-refractivity contribution in [1.82, 2.24) is 14.3 Å². The Morgan fingerprint density at radius 3 is 2.16 bits per heavy atom. The van der Waals surface area contributed by atoms with Crippen molar-refractivity contribution >= 4 is 32.7 Å². The smallest absolute Gasteiger partial charge is 0.366 e. The molecule has 0 atom stereocenters. The van der Waals surface area contributed by atoms with Gasteiger partial charge in [0.2, 0.25) is 10.0 Å². The Bertz CT molecular complexity index is 1610. The van der Waals surface area contributed by atoms with Crippen LogP contribution in [0.5, 0.6) is 0 Å². The summed E-state index contributed by atoms with van der Waals surface area (Å²) in [6.07, 6.45) is -4.78. The van der Waals surface area contributed by atoms with Crippen LogP contribution in [-0.2, 0) is 16.2 Å². The van der Waals surface area contributed by atoms with Gasteiger partial charge in [0.15, 0.2) is 0 Å². The summed E-state index contributed by atoms with van der Waals surface area (Å²) >= 11 is 0.